The number of carbonyl (C=O) groups is 1. The van der Waals surface area contributed by atoms with Gasteiger partial charge in [0.15, 0.2) is 6.10 Å². The number of nitrogens with zero attached hydrogens (tertiary/aromatic N) is 1. The van der Waals surface area contributed by atoms with E-state index in [1.165, 1.54) is 0 Å². The van der Waals surface area contributed by atoms with Crippen LogP contribution in [0.25, 0.3) is 10.8 Å². The lowest BCUT2D eigenvalue weighted by molar-refractivity contribution is -0.127. The minimum absolute atomic E-state index is 0.278. The van der Waals surface area contributed by atoms with Crippen molar-refractivity contribution < 1.29 is 9.53 Å². The summed E-state index contributed by atoms with van der Waals surface area (Å²) in [5.41, 5.74) is 4.44. The molecule has 0 radical (unpaired) electrons. The summed E-state index contributed by atoms with van der Waals surface area (Å²) in [5.74, 6) is 0.383. The predicted octanol–water partition coefficient (Wildman–Crippen LogP) is 4.54. The molecule has 1 amide bonds. The Morgan fingerprint density at radius 3 is 2.42 bits per heavy atom. The molecule has 0 aliphatic heterocycles. The minimum atomic E-state index is -0.645. The van der Waals surface area contributed by atoms with Crippen LogP contribution in [0.2, 0.25) is 0 Å². The first kappa shape index (κ1) is 17.7. The van der Waals surface area contributed by atoms with Crippen LogP contribution in [0.4, 0.5) is 0 Å². The number of hydrazone groups is 1. The van der Waals surface area contributed by atoms with Crippen molar-refractivity contribution in [2.75, 3.05) is 0 Å². The van der Waals surface area contributed by atoms with Gasteiger partial charge in [-0.25, -0.2) is 5.43 Å². The topological polar surface area (TPSA) is 50.7 Å². The summed E-state index contributed by atoms with van der Waals surface area (Å²) in [6, 6.07) is 23.6. The average molecular weight is 346 g/mol. The number of hydrogen-bond donors (Lipinski definition) is 1. The van der Waals surface area contributed by atoms with Crippen molar-refractivity contribution in [3.63, 3.8) is 0 Å². The molecule has 0 heterocycles. The molecule has 1 unspecified atom stereocenters. The maximum Gasteiger partial charge on any atom is 0.280 e. The fourth-order valence-corrected chi connectivity index (χ4v) is 2.69. The van der Waals surface area contributed by atoms with E-state index in [1.807, 2.05) is 79.7 Å². The Labute approximate surface area is 153 Å². The van der Waals surface area contributed by atoms with Crippen LogP contribution in [-0.2, 0) is 4.79 Å². The molecule has 0 saturated heterocycles. The fraction of sp³-hybridized carbons (Fsp3) is 0.182. The number of benzene rings is 3. The molecule has 0 aliphatic rings. The lowest BCUT2D eigenvalue weighted by Gasteiger charge is -2.14. The van der Waals surface area contributed by atoms with E-state index in [0.717, 1.165) is 28.5 Å². The standard InChI is InChI=1S/C22H22N2O2/c1-3-21(18-10-5-4-6-11-18)23-24-22(25)16(2)26-20-14-13-17-9-7-8-12-19(17)15-20/h4-16H,3H2,1-2H3,(H,24,25)/b23-21+. The van der Waals surface area contributed by atoms with Gasteiger partial charge >= 0.3 is 0 Å². The van der Waals surface area contributed by atoms with Crippen molar-refractivity contribution in [1.29, 1.82) is 0 Å². The van der Waals surface area contributed by atoms with E-state index in [-0.39, 0.29) is 5.91 Å². The first-order valence-electron chi connectivity index (χ1n) is 8.74. The number of nitrogens with one attached hydrogen (secondary N) is 1. The normalized spacial score (nSPS) is 12.6. The van der Waals surface area contributed by atoms with E-state index in [9.17, 15) is 4.79 Å². The molecule has 0 spiro atoms. The van der Waals surface area contributed by atoms with Crippen LogP contribution < -0.4 is 10.2 Å². The highest BCUT2D eigenvalue weighted by molar-refractivity contribution is 6.01. The van der Waals surface area contributed by atoms with Crippen LogP contribution in [0.15, 0.2) is 77.9 Å². The Hall–Kier alpha value is -3.14. The maximum absolute atomic E-state index is 12.3. The molecule has 1 atom stereocenters. The second-order valence-electron chi connectivity index (χ2n) is 6.02. The van der Waals surface area contributed by atoms with Crippen LogP contribution in [-0.4, -0.2) is 17.7 Å². The molecule has 4 heteroatoms. The average Bonchev–Trinajstić information content (AvgIpc) is 2.69. The quantitative estimate of drug-likeness (QED) is 0.526. The van der Waals surface area contributed by atoms with E-state index < -0.39 is 6.10 Å². The number of ether oxygens (including phenoxy) is 1. The third-order valence-electron chi connectivity index (χ3n) is 4.15. The van der Waals surface area contributed by atoms with Crippen molar-refractivity contribution in [2.45, 2.75) is 26.4 Å². The van der Waals surface area contributed by atoms with Crippen LogP contribution in [0.5, 0.6) is 5.75 Å². The number of hydrogen-bond acceptors (Lipinski definition) is 3. The van der Waals surface area contributed by atoms with Crippen molar-refractivity contribution in [1.82, 2.24) is 5.43 Å². The van der Waals surface area contributed by atoms with E-state index in [4.69, 9.17) is 4.74 Å². The van der Waals surface area contributed by atoms with Crippen molar-refractivity contribution in [3.8, 4) is 5.75 Å². The van der Waals surface area contributed by atoms with Crippen molar-refractivity contribution >= 4 is 22.4 Å². The molecule has 3 rings (SSSR count). The zero-order valence-corrected chi connectivity index (χ0v) is 15.0. The number of fused-ring (bicyclic) bond motifs is 1. The fourth-order valence-electron chi connectivity index (χ4n) is 2.69. The van der Waals surface area contributed by atoms with Gasteiger partial charge in [0, 0.05) is 0 Å². The molecule has 26 heavy (non-hydrogen) atoms. The largest absolute Gasteiger partial charge is 0.481 e. The zero-order chi connectivity index (χ0) is 18.4. The van der Waals surface area contributed by atoms with E-state index in [1.54, 1.807) is 6.92 Å². The van der Waals surface area contributed by atoms with Gasteiger partial charge in [0.05, 0.1) is 5.71 Å². The monoisotopic (exact) mass is 346 g/mol. The van der Waals surface area contributed by atoms with Gasteiger partial charge < -0.3 is 4.74 Å². The summed E-state index contributed by atoms with van der Waals surface area (Å²) in [7, 11) is 0. The second-order valence-corrected chi connectivity index (χ2v) is 6.02. The molecular formula is C22H22N2O2. The highest BCUT2D eigenvalue weighted by Crippen LogP contribution is 2.21. The van der Waals surface area contributed by atoms with E-state index >= 15 is 0 Å². The Morgan fingerprint density at radius 1 is 1.00 bits per heavy atom. The van der Waals surface area contributed by atoms with E-state index in [0.29, 0.717) is 5.75 Å². The predicted molar refractivity (Wildman–Crippen MR) is 105 cm³/mol. The zero-order valence-electron chi connectivity index (χ0n) is 15.0. The first-order chi connectivity index (χ1) is 12.7. The minimum Gasteiger partial charge on any atom is -0.481 e. The highest BCUT2D eigenvalue weighted by Gasteiger charge is 2.14. The Bertz CT molecular complexity index is 920. The van der Waals surface area contributed by atoms with Gasteiger partial charge in [0.25, 0.3) is 5.91 Å². The summed E-state index contributed by atoms with van der Waals surface area (Å²) in [6.45, 7) is 3.72. The number of rotatable bonds is 6. The number of amides is 1. The molecule has 0 saturated carbocycles. The maximum atomic E-state index is 12.3. The van der Waals surface area contributed by atoms with Gasteiger partial charge in [-0.1, -0.05) is 67.6 Å². The van der Waals surface area contributed by atoms with Gasteiger partial charge in [-0.2, -0.15) is 5.10 Å². The summed E-state index contributed by atoms with van der Waals surface area (Å²) < 4.78 is 5.77. The lowest BCUT2D eigenvalue weighted by atomic mass is 10.1. The SMILES string of the molecule is CC/C(=N\NC(=O)C(C)Oc1ccc2ccccc2c1)c1ccccc1. The van der Waals surface area contributed by atoms with Gasteiger partial charge in [-0.05, 0) is 41.8 Å². The Kier molecular flexibility index (Phi) is 5.64. The van der Waals surface area contributed by atoms with Crippen molar-refractivity contribution in [3.05, 3.63) is 78.4 Å². The smallest absolute Gasteiger partial charge is 0.280 e. The summed E-state index contributed by atoms with van der Waals surface area (Å²) in [4.78, 5) is 12.3. The van der Waals surface area contributed by atoms with Crippen molar-refractivity contribution in [2.24, 2.45) is 5.10 Å². The van der Waals surface area contributed by atoms with Crippen LogP contribution in [0.3, 0.4) is 0 Å². The molecule has 0 aromatic heterocycles. The summed E-state index contributed by atoms with van der Waals surface area (Å²) in [5, 5.41) is 6.48. The molecule has 1 N–H and O–H groups in total. The Morgan fingerprint density at radius 2 is 1.69 bits per heavy atom. The van der Waals surface area contributed by atoms with E-state index in [2.05, 4.69) is 10.5 Å². The summed E-state index contributed by atoms with van der Waals surface area (Å²) in [6.07, 6.45) is 0.0818. The van der Waals surface area contributed by atoms with Gasteiger partial charge in [0.1, 0.15) is 5.75 Å². The molecule has 3 aromatic carbocycles. The molecule has 4 nitrogen and oxygen atoms in total. The highest BCUT2D eigenvalue weighted by atomic mass is 16.5. The first-order valence-corrected chi connectivity index (χ1v) is 8.74. The van der Waals surface area contributed by atoms with Crippen LogP contribution >= 0.6 is 0 Å². The molecule has 0 fully saturated rings. The third kappa shape index (κ3) is 4.28. The number of carbonyl (C=O) groups excluding carboxylic acids is 1. The van der Waals surface area contributed by atoms with Crippen LogP contribution in [0.1, 0.15) is 25.8 Å². The molecular weight excluding hydrogens is 324 g/mol. The van der Waals surface area contributed by atoms with Crippen LogP contribution in [0, 0.1) is 0 Å². The molecule has 0 aliphatic carbocycles. The van der Waals surface area contributed by atoms with Gasteiger partial charge in [-0.15, -0.1) is 0 Å². The van der Waals surface area contributed by atoms with Gasteiger partial charge in [-0.3, -0.25) is 4.79 Å². The Balaban J connectivity index is 1.66. The molecule has 132 valence electrons. The second kappa shape index (κ2) is 8.30. The molecule has 3 aromatic rings. The van der Waals surface area contributed by atoms with Gasteiger partial charge in [0.2, 0.25) is 0 Å². The molecule has 0 bridgehead atoms. The summed E-state index contributed by atoms with van der Waals surface area (Å²) >= 11 is 0. The lowest BCUT2D eigenvalue weighted by Crippen LogP contribution is -2.34. The third-order valence-corrected chi connectivity index (χ3v) is 4.15.